The maximum absolute atomic E-state index is 11.0. The summed E-state index contributed by atoms with van der Waals surface area (Å²) >= 11 is 0. The maximum Gasteiger partial charge on any atom is 0.302 e. The first-order chi connectivity index (χ1) is 10.5. The van der Waals surface area contributed by atoms with Crippen LogP contribution in [0.3, 0.4) is 0 Å². The quantitative estimate of drug-likeness (QED) is 0.551. The first kappa shape index (κ1) is 18.9. The minimum atomic E-state index is -0.339. The van der Waals surface area contributed by atoms with Crippen LogP contribution in [0.15, 0.2) is 22.8 Å². The van der Waals surface area contributed by atoms with E-state index in [0.29, 0.717) is 19.8 Å². The molecule has 0 aliphatic carbocycles. The van der Waals surface area contributed by atoms with Gasteiger partial charge in [-0.25, -0.2) is 0 Å². The van der Waals surface area contributed by atoms with Crippen molar-refractivity contribution in [1.82, 2.24) is 0 Å². The van der Waals surface area contributed by atoms with Gasteiger partial charge in [-0.3, -0.25) is 4.79 Å². The minimum Gasteiger partial charge on any atom is -0.465 e. The molecule has 0 aromatic heterocycles. The number of hydrogen-bond donors (Lipinski definition) is 1. The van der Waals surface area contributed by atoms with E-state index in [1.54, 1.807) is 0 Å². The molecule has 1 fully saturated rings. The van der Waals surface area contributed by atoms with Crippen LogP contribution < -0.4 is 0 Å². The fourth-order valence-electron chi connectivity index (χ4n) is 2.47. The van der Waals surface area contributed by atoms with E-state index in [0.717, 1.165) is 24.0 Å². The van der Waals surface area contributed by atoms with Crippen molar-refractivity contribution >= 4 is 5.97 Å². The standard InChI is InChI=1S/C17H28O5/c1-12(10-18)6-5-7-13(2)16(17-20-8-9-21-17)14(3)11-22-15(4)19/h6,14,17-18H,5,7-11H2,1-4H3. The lowest BCUT2D eigenvalue weighted by molar-refractivity contribution is -0.142. The van der Waals surface area contributed by atoms with Gasteiger partial charge < -0.3 is 19.3 Å². The number of aliphatic hydroxyl groups is 1. The molecule has 22 heavy (non-hydrogen) atoms. The van der Waals surface area contributed by atoms with Crippen molar-refractivity contribution < 1.29 is 24.1 Å². The fraction of sp³-hybridized carbons (Fsp3) is 0.706. The molecule has 1 unspecified atom stereocenters. The third-order valence-corrected chi connectivity index (χ3v) is 3.70. The zero-order valence-electron chi connectivity index (χ0n) is 14.1. The van der Waals surface area contributed by atoms with Crippen molar-refractivity contribution in [2.75, 3.05) is 26.4 Å². The Morgan fingerprint density at radius 1 is 1.32 bits per heavy atom. The van der Waals surface area contributed by atoms with Crippen LogP contribution >= 0.6 is 0 Å². The lowest BCUT2D eigenvalue weighted by Crippen LogP contribution is -2.23. The van der Waals surface area contributed by atoms with Gasteiger partial charge in [0.05, 0.1) is 26.4 Å². The Morgan fingerprint density at radius 2 is 1.95 bits per heavy atom. The van der Waals surface area contributed by atoms with E-state index in [2.05, 4.69) is 6.92 Å². The SMILES string of the molecule is CC(=O)OCC(C)C(=C(C)CCC=C(C)CO)C1OCCO1. The number of esters is 1. The van der Waals surface area contributed by atoms with Crippen molar-refractivity contribution in [3.8, 4) is 0 Å². The van der Waals surface area contributed by atoms with Crippen molar-refractivity contribution in [1.29, 1.82) is 0 Å². The second kappa shape index (κ2) is 9.77. The molecule has 1 aliphatic rings. The van der Waals surface area contributed by atoms with Crippen molar-refractivity contribution in [2.24, 2.45) is 5.92 Å². The van der Waals surface area contributed by atoms with Gasteiger partial charge in [0.15, 0.2) is 6.29 Å². The summed E-state index contributed by atoms with van der Waals surface area (Å²) in [5.74, 6) is -0.228. The summed E-state index contributed by atoms with van der Waals surface area (Å²) in [6, 6.07) is 0. The molecule has 0 aromatic rings. The zero-order chi connectivity index (χ0) is 16.5. The highest BCUT2D eigenvalue weighted by Crippen LogP contribution is 2.27. The van der Waals surface area contributed by atoms with Gasteiger partial charge in [0.1, 0.15) is 0 Å². The number of rotatable bonds is 8. The predicted octanol–water partition coefficient (Wildman–Crippen LogP) is 2.59. The van der Waals surface area contributed by atoms with Crippen LogP contribution in [-0.2, 0) is 19.0 Å². The zero-order valence-corrected chi connectivity index (χ0v) is 14.1. The molecule has 1 saturated heterocycles. The molecule has 0 amide bonds. The van der Waals surface area contributed by atoms with Crippen molar-refractivity contribution in [3.63, 3.8) is 0 Å². The molecular weight excluding hydrogens is 284 g/mol. The molecule has 1 rings (SSSR count). The van der Waals surface area contributed by atoms with Crippen LogP contribution in [0, 0.1) is 5.92 Å². The Bertz CT molecular complexity index is 419. The normalized spacial score (nSPS) is 19.0. The number of ether oxygens (including phenoxy) is 3. The summed E-state index contributed by atoms with van der Waals surface area (Å²) in [6.07, 6.45) is 3.41. The molecule has 1 heterocycles. The highest BCUT2D eigenvalue weighted by atomic mass is 16.7. The summed E-state index contributed by atoms with van der Waals surface area (Å²) in [5, 5.41) is 9.02. The van der Waals surface area contributed by atoms with Crippen molar-refractivity contribution in [3.05, 3.63) is 22.8 Å². The van der Waals surface area contributed by atoms with Gasteiger partial charge in [0, 0.05) is 12.8 Å². The minimum absolute atomic E-state index is 0.0509. The predicted molar refractivity (Wildman–Crippen MR) is 84.3 cm³/mol. The van der Waals surface area contributed by atoms with Crippen LogP contribution in [0.2, 0.25) is 0 Å². The molecule has 126 valence electrons. The first-order valence-corrected chi connectivity index (χ1v) is 7.78. The van der Waals surface area contributed by atoms with Gasteiger partial charge in [-0.1, -0.05) is 24.1 Å². The van der Waals surface area contributed by atoms with Crippen LogP contribution in [0.1, 0.15) is 40.5 Å². The first-order valence-electron chi connectivity index (χ1n) is 7.78. The largest absolute Gasteiger partial charge is 0.465 e. The Hall–Kier alpha value is -1.17. The summed E-state index contributed by atoms with van der Waals surface area (Å²) < 4.78 is 16.4. The molecule has 0 aromatic carbocycles. The van der Waals surface area contributed by atoms with E-state index in [1.807, 2.05) is 19.9 Å². The van der Waals surface area contributed by atoms with E-state index in [1.165, 1.54) is 12.5 Å². The summed E-state index contributed by atoms with van der Waals surface area (Å²) in [7, 11) is 0. The molecule has 1 aliphatic heterocycles. The summed E-state index contributed by atoms with van der Waals surface area (Å²) in [5.41, 5.74) is 3.22. The smallest absolute Gasteiger partial charge is 0.302 e. The molecule has 1 atom stereocenters. The average Bonchev–Trinajstić information content (AvgIpc) is 2.99. The van der Waals surface area contributed by atoms with Crippen LogP contribution in [0.5, 0.6) is 0 Å². The van der Waals surface area contributed by atoms with E-state index in [9.17, 15) is 4.79 Å². The molecule has 0 spiro atoms. The van der Waals surface area contributed by atoms with Gasteiger partial charge in [-0.05, 0) is 32.3 Å². The van der Waals surface area contributed by atoms with Gasteiger partial charge in [0.25, 0.3) is 0 Å². The molecule has 5 nitrogen and oxygen atoms in total. The lowest BCUT2D eigenvalue weighted by atomic mass is 9.93. The third kappa shape index (κ3) is 6.30. The van der Waals surface area contributed by atoms with Gasteiger partial charge in [-0.15, -0.1) is 0 Å². The molecule has 0 bridgehead atoms. The monoisotopic (exact) mass is 312 g/mol. The lowest BCUT2D eigenvalue weighted by Gasteiger charge is -2.23. The second-order valence-corrected chi connectivity index (χ2v) is 5.76. The Balaban J connectivity index is 2.77. The number of hydrogen-bond acceptors (Lipinski definition) is 5. The topological polar surface area (TPSA) is 65.0 Å². The Labute approximate surface area is 132 Å². The Kier molecular flexibility index (Phi) is 8.38. The highest BCUT2D eigenvalue weighted by Gasteiger charge is 2.27. The number of aliphatic hydroxyl groups excluding tert-OH is 1. The maximum atomic E-state index is 11.0. The summed E-state index contributed by atoms with van der Waals surface area (Å²) in [4.78, 5) is 11.0. The molecule has 5 heteroatoms. The van der Waals surface area contributed by atoms with E-state index < -0.39 is 0 Å². The fourth-order valence-corrected chi connectivity index (χ4v) is 2.47. The highest BCUT2D eigenvalue weighted by molar-refractivity contribution is 5.65. The van der Waals surface area contributed by atoms with Crippen molar-refractivity contribution in [2.45, 2.75) is 46.8 Å². The second-order valence-electron chi connectivity index (χ2n) is 5.76. The molecule has 1 N–H and O–H groups in total. The van der Waals surface area contributed by atoms with Gasteiger partial charge >= 0.3 is 5.97 Å². The van der Waals surface area contributed by atoms with Gasteiger partial charge in [-0.2, -0.15) is 0 Å². The molecule has 0 saturated carbocycles. The van der Waals surface area contributed by atoms with E-state index >= 15 is 0 Å². The molecular formula is C17H28O5. The van der Waals surface area contributed by atoms with Gasteiger partial charge in [0.2, 0.25) is 0 Å². The van der Waals surface area contributed by atoms with E-state index in [-0.39, 0.29) is 24.8 Å². The van der Waals surface area contributed by atoms with Crippen LogP contribution in [0.25, 0.3) is 0 Å². The molecule has 0 radical (unpaired) electrons. The van der Waals surface area contributed by atoms with Crippen LogP contribution in [0.4, 0.5) is 0 Å². The summed E-state index contributed by atoms with van der Waals surface area (Å²) in [6.45, 7) is 9.00. The number of carbonyl (C=O) groups excluding carboxylic acids is 1. The van der Waals surface area contributed by atoms with Crippen LogP contribution in [-0.4, -0.2) is 43.8 Å². The Morgan fingerprint density at radius 3 is 2.50 bits per heavy atom. The number of allylic oxidation sites excluding steroid dienone is 2. The average molecular weight is 312 g/mol. The third-order valence-electron chi connectivity index (χ3n) is 3.70. The number of carbonyl (C=O) groups is 1. The van der Waals surface area contributed by atoms with E-state index in [4.69, 9.17) is 19.3 Å².